The number of benzene rings is 2. The largest absolute Gasteiger partial charge is 0.243 e. The normalized spacial score (nSPS) is 11.8. The molecule has 0 spiro atoms. The molecule has 2 aromatic carbocycles. The van der Waals surface area contributed by atoms with Gasteiger partial charge in [0.05, 0.1) is 11.4 Å². The molecule has 3 nitrogen and oxygen atoms in total. The lowest BCUT2D eigenvalue weighted by atomic mass is 10.2. The molecule has 0 N–H and O–H groups in total. The Labute approximate surface area is 148 Å². The summed E-state index contributed by atoms with van der Waals surface area (Å²) in [7, 11) is -3.62. The highest BCUT2D eigenvalue weighted by atomic mass is 32.2. The van der Waals surface area contributed by atoms with Crippen molar-refractivity contribution in [3.8, 4) is 12.3 Å². The summed E-state index contributed by atoms with van der Waals surface area (Å²) in [5.74, 6) is 2.11. The number of aryl methyl sites for hydroxylation is 1. The summed E-state index contributed by atoms with van der Waals surface area (Å²) in [6, 6.07) is 12.8. The Kier molecular flexibility index (Phi) is 6.51. The lowest BCUT2D eigenvalue weighted by Crippen LogP contribution is -2.32. The fourth-order valence-corrected chi connectivity index (χ4v) is 3.63. The van der Waals surface area contributed by atoms with Crippen molar-refractivity contribution in [1.29, 1.82) is 0 Å². The predicted molar refractivity (Wildman–Crippen MR) is 98.8 cm³/mol. The molecule has 0 radical (unpaired) electrons. The second-order valence-corrected chi connectivity index (χ2v) is 7.54. The molecule has 0 saturated heterocycles. The topological polar surface area (TPSA) is 37.4 Å². The molecule has 130 valence electrons. The molecule has 5 heteroatoms. The standard InChI is InChI=1S/C20H20FNO2S/c1-3-15-22(25(23,24)20-13-7-17(2)8-14-20)16-5-4-6-18-9-11-19(21)12-10-18/h1,4,6-14H,5,15-16H2,2H3/b6-4+. The monoisotopic (exact) mass is 357 g/mol. The van der Waals surface area contributed by atoms with Crippen LogP contribution in [0.2, 0.25) is 0 Å². The minimum absolute atomic E-state index is 0.0145. The Morgan fingerprint density at radius 3 is 2.36 bits per heavy atom. The van der Waals surface area contributed by atoms with Crippen molar-refractivity contribution >= 4 is 16.1 Å². The van der Waals surface area contributed by atoms with Gasteiger partial charge >= 0.3 is 0 Å². The van der Waals surface area contributed by atoms with E-state index in [0.29, 0.717) is 6.42 Å². The second-order valence-electron chi connectivity index (χ2n) is 5.60. The molecule has 0 aromatic heterocycles. The zero-order chi connectivity index (χ0) is 18.3. The third kappa shape index (κ3) is 5.28. The highest BCUT2D eigenvalue weighted by molar-refractivity contribution is 7.89. The van der Waals surface area contributed by atoms with Crippen LogP contribution in [0.25, 0.3) is 6.08 Å². The zero-order valence-corrected chi connectivity index (χ0v) is 14.8. The average molecular weight is 357 g/mol. The lowest BCUT2D eigenvalue weighted by molar-refractivity contribution is 0.452. The van der Waals surface area contributed by atoms with Crippen LogP contribution in [0.15, 0.2) is 59.5 Å². The second kappa shape index (κ2) is 8.61. The first kappa shape index (κ1) is 18.9. The first-order valence-electron chi connectivity index (χ1n) is 7.86. The predicted octanol–water partition coefficient (Wildman–Crippen LogP) is 3.86. The van der Waals surface area contributed by atoms with Crippen LogP contribution >= 0.6 is 0 Å². The van der Waals surface area contributed by atoms with Gasteiger partial charge in [0.15, 0.2) is 0 Å². The van der Waals surface area contributed by atoms with Crippen LogP contribution in [0.5, 0.6) is 0 Å². The van der Waals surface area contributed by atoms with Gasteiger partial charge in [-0.1, -0.05) is 47.9 Å². The summed E-state index contributed by atoms with van der Waals surface area (Å²) < 4.78 is 39.6. The van der Waals surface area contributed by atoms with Gasteiger partial charge in [-0.25, -0.2) is 12.8 Å². The minimum atomic E-state index is -3.62. The molecule has 0 aliphatic rings. The highest BCUT2D eigenvalue weighted by Gasteiger charge is 2.22. The van der Waals surface area contributed by atoms with Crippen LogP contribution in [0, 0.1) is 25.1 Å². The average Bonchev–Trinajstić information content (AvgIpc) is 2.59. The summed E-state index contributed by atoms with van der Waals surface area (Å²) in [6.07, 6.45) is 9.51. The van der Waals surface area contributed by atoms with Crippen LogP contribution in [-0.4, -0.2) is 25.8 Å². The summed E-state index contributed by atoms with van der Waals surface area (Å²) in [4.78, 5) is 0.232. The van der Waals surface area contributed by atoms with E-state index < -0.39 is 10.0 Å². The smallest absolute Gasteiger partial charge is 0.207 e. The van der Waals surface area contributed by atoms with Gasteiger partial charge in [0.1, 0.15) is 5.82 Å². The Balaban J connectivity index is 2.06. The Hall–Kier alpha value is -2.42. The van der Waals surface area contributed by atoms with E-state index in [1.165, 1.54) is 16.4 Å². The van der Waals surface area contributed by atoms with E-state index >= 15 is 0 Å². The van der Waals surface area contributed by atoms with Crippen molar-refractivity contribution in [2.24, 2.45) is 0 Å². The molecule has 0 saturated carbocycles. The van der Waals surface area contributed by atoms with E-state index in [2.05, 4.69) is 5.92 Å². The van der Waals surface area contributed by atoms with Gasteiger partial charge in [0.2, 0.25) is 10.0 Å². The quantitative estimate of drug-likeness (QED) is 0.706. The number of terminal acetylenes is 1. The van der Waals surface area contributed by atoms with Gasteiger partial charge in [-0.15, -0.1) is 6.42 Å². The van der Waals surface area contributed by atoms with Crippen LogP contribution in [0.4, 0.5) is 4.39 Å². The molecule has 25 heavy (non-hydrogen) atoms. The molecule has 0 atom stereocenters. The first-order chi connectivity index (χ1) is 11.9. The number of rotatable bonds is 7. The van der Waals surface area contributed by atoms with Gasteiger partial charge < -0.3 is 0 Å². The van der Waals surface area contributed by atoms with Gasteiger partial charge in [-0.3, -0.25) is 0 Å². The summed E-state index contributed by atoms with van der Waals surface area (Å²) in [6.45, 7) is 2.19. The third-order valence-electron chi connectivity index (χ3n) is 3.65. The molecule has 0 aliphatic heterocycles. The molecule has 0 unspecified atom stereocenters. The fourth-order valence-electron chi connectivity index (χ4n) is 2.26. The maximum atomic E-state index is 12.9. The molecular weight excluding hydrogens is 337 g/mol. The van der Waals surface area contributed by atoms with Gasteiger partial charge in [0, 0.05) is 6.54 Å². The van der Waals surface area contributed by atoms with Crippen LogP contribution in [-0.2, 0) is 10.0 Å². The van der Waals surface area contributed by atoms with Crippen molar-refractivity contribution in [3.63, 3.8) is 0 Å². The maximum absolute atomic E-state index is 12.9. The van der Waals surface area contributed by atoms with Crippen molar-refractivity contribution in [2.45, 2.75) is 18.2 Å². The van der Waals surface area contributed by atoms with Gasteiger partial charge in [-0.2, -0.15) is 4.31 Å². The van der Waals surface area contributed by atoms with Crippen LogP contribution < -0.4 is 0 Å². The third-order valence-corrected chi connectivity index (χ3v) is 5.51. The zero-order valence-electron chi connectivity index (χ0n) is 14.0. The van der Waals surface area contributed by atoms with E-state index in [0.717, 1.165) is 11.1 Å². The van der Waals surface area contributed by atoms with Crippen molar-refractivity contribution in [2.75, 3.05) is 13.1 Å². The molecule has 0 heterocycles. The number of hydrogen-bond donors (Lipinski definition) is 0. The molecule has 0 fully saturated rings. The van der Waals surface area contributed by atoms with Gasteiger partial charge in [-0.05, 0) is 43.2 Å². The van der Waals surface area contributed by atoms with E-state index in [4.69, 9.17) is 6.42 Å². The van der Waals surface area contributed by atoms with Crippen LogP contribution in [0.3, 0.4) is 0 Å². The fraction of sp³-hybridized carbons (Fsp3) is 0.200. The van der Waals surface area contributed by atoms with Gasteiger partial charge in [0.25, 0.3) is 0 Å². The van der Waals surface area contributed by atoms with Crippen molar-refractivity contribution in [1.82, 2.24) is 4.31 Å². The van der Waals surface area contributed by atoms with E-state index in [1.807, 2.05) is 19.1 Å². The molecule has 0 amide bonds. The first-order valence-corrected chi connectivity index (χ1v) is 9.30. The summed E-state index contributed by atoms with van der Waals surface area (Å²) >= 11 is 0. The van der Waals surface area contributed by atoms with Crippen molar-refractivity contribution < 1.29 is 12.8 Å². The molecule has 0 bridgehead atoms. The van der Waals surface area contributed by atoms with Crippen molar-refractivity contribution in [3.05, 3.63) is 71.6 Å². The molecular formula is C20H20FNO2S. The van der Waals surface area contributed by atoms with Crippen LogP contribution in [0.1, 0.15) is 17.5 Å². The van der Waals surface area contributed by atoms with E-state index in [9.17, 15) is 12.8 Å². The number of halogens is 1. The highest BCUT2D eigenvalue weighted by Crippen LogP contribution is 2.17. The molecule has 2 aromatic rings. The summed E-state index contributed by atoms with van der Waals surface area (Å²) in [5, 5.41) is 0. The SMILES string of the molecule is C#CCN(CC/C=C/c1ccc(F)cc1)S(=O)(=O)c1ccc(C)cc1. The number of nitrogens with zero attached hydrogens (tertiary/aromatic N) is 1. The Bertz CT molecular complexity index is 863. The van der Waals surface area contributed by atoms with E-state index in [-0.39, 0.29) is 23.8 Å². The maximum Gasteiger partial charge on any atom is 0.243 e. The molecule has 0 aliphatic carbocycles. The molecule has 2 rings (SSSR count). The van der Waals surface area contributed by atoms with E-state index in [1.54, 1.807) is 36.4 Å². The lowest BCUT2D eigenvalue weighted by Gasteiger charge is -2.19. The number of sulfonamides is 1. The number of hydrogen-bond acceptors (Lipinski definition) is 2. The Morgan fingerprint density at radius 1 is 1.12 bits per heavy atom. The minimum Gasteiger partial charge on any atom is -0.207 e. The summed E-state index contributed by atoms with van der Waals surface area (Å²) in [5.41, 5.74) is 1.84. The Morgan fingerprint density at radius 2 is 1.76 bits per heavy atom.